The van der Waals surface area contributed by atoms with Crippen molar-refractivity contribution >= 4 is 29.6 Å². The van der Waals surface area contributed by atoms with Crippen LogP contribution in [-0.4, -0.2) is 51.3 Å². The molecule has 0 aromatic heterocycles. The molecule has 142 valence electrons. The number of rotatable bonds is 6. The first-order valence-corrected chi connectivity index (χ1v) is 8.41. The number of carbonyl (C=O) groups excluding carboxylic acids is 2. The lowest BCUT2D eigenvalue weighted by Crippen LogP contribution is -2.64. The van der Waals surface area contributed by atoms with E-state index in [1.54, 1.807) is 60.7 Å². The molecule has 1 atom stereocenters. The molecule has 1 aliphatic rings. The molecule has 1 aliphatic heterocycles. The van der Waals surface area contributed by atoms with Crippen LogP contribution < -0.4 is 5.32 Å². The second kappa shape index (κ2) is 8.17. The lowest BCUT2D eigenvalue weighted by Gasteiger charge is -2.38. The van der Waals surface area contributed by atoms with Gasteiger partial charge in [0.25, 0.3) is 11.8 Å². The number of hydrogen-bond acceptors (Lipinski definition) is 5. The van der Waals surface area contributed by atoms with Gasteiger partial charge in [0.1, 0.15) is 11.7 Å². The number of carbonyl (C=O) groups is 3. The third-order valence-corrected chi connectivity index (χ3v) is 4.21. The monoisotopic (exact) mass is 379 g/mol. The van der Waals surface area contributed by atoms with Crippen molar-refractivity contribution in [2.45, 2.75) is 6.04 Å². The molecule has 0 saturated carbocycles. The fourth-order valence-corrected chi connectivity index (χ4v) is 2.77. The zero-order valence-electron chi connectivity index (χ0n) is 14.6. The van der Waals surface area contributed by atoms with Gasteiger partial charge in [0.15, 0.2) is 5.71 Å². The van der Waals surface area contributed by atoms with Gasteiger partial charge in [-0.3, -0.25) is 9.59 Å². The summed E-state index contributed by atoms with van der Waals surface area (Å²) in [5, 5.41) is 24.0. The molecule has 8 nitrogen and oxygen atoms in total. The van der Waals surface area contributed by atoms with E-state index in [9.17, 15) is 19.5 Å². The number of carboxylic acid groups (broad SMARTS) is 1. The standard InChI is InChI=1S/C20H17N3O5/c24-18(17(22-28)14-9-5-2-6-10-14)21-15-12-23(19(15)25)16(20(26)27)11-13-7-3-1-4-8-13/h1-11,15,28H,12H2,(H,21,24)(H,26,27)/b16-11+,22-17+. The molecule has 1 saturated heterocycles. The van der Waals surface area contributed by atoms with E-state index in [1.807, 2.05) is 0 Å². The number of nitrogens with zero attached hydrogens (tertiary/aromatic N) is 2. The second-order valence-electron chi connectivity index (χ2n) is 6.03. The minimum atomic E-state index is -1.25. The number of hydrogen-bond donors (Lipinski definition) is 3. The summed E-state index contributed by atoms with van der Waals surface area (Å²) < 4.78 is 0. The van der Waals surface area contributed by atoms with Gasteiger partial charge in [-0.15, -0.1) is 0 Å². The quantitative estimate of drug-likeness (QED) is 0.230. The van der Waals surface area contributed by atoms with Crippen LogP contribution in [0.5, 0.6) is 0 Å². The maximum Gasteiger partial charge on any atom is 0.352 e. The van der Waals surface area contributed by atoms with Gasteiger partial charge in [-0.05, 0) is 11.6 Å². The third-order valence-electron chi connectivity index (χ3n) is 4.21. The van der Waals surface area contributed by atoms with Crippen molar-refractivity contribution in [2.24, 2.45) is 5.16 Å². The van der Waals surface area contributed by atoms with Crippen LogP contribution in [0.15, 0.2) is 71.5 Å². The largest absolute Gasteiger partial charge is 0.477 e. The molecular formula is C20H17N3O5. The van der Waals surface area contributed by atoms with Gasteiger partial charge in [0.2, 0.25) is 0 Å². The molecule has 0 bridgehead atoms. The Kier molecular flexibility index (Phi) is 5.50. The fraction of sp³-hybridized carbons (Fsp3) is 0.100. The minimum Gasteiger partial charge on any atom is -0.477 e. The third kappa shape index (κ3) is 3.90. The first kappa shape index (κ1) is 18.8. The molecule has 0 radical (unpaired) electrons. The molecule has 2 aromatic carbocycles. The fourth-order valence-electron chi connectivity index (χ4n) is 2.77. The summed E-state index contributed by atoms with van der Waals surface area (Å²) in [6.07, 6.45) is 1.39. The van der Waals surface area contributed by atoms with Crippen molar-refractivity contribution < 1.29 is 24.7 Å². The summed E-state index contributed by atoms with van der Waals surface area (Å²) in [4.78, 5) is 37.3. The van der Waals surface area contributed by atoms with Crippen LogP contribution in [0.2, 0.25) is 0 Å². The predicted octanol–water partition coefficient (Wildman–Crippen LogP) is 1.32. The van der Waals surface area contributed by atoms with Crippen LogP contribution in [0.3, 0.4) is 0 Å². The van der Waals surface area contributed by atoms with E-state index in [2.05, 4.69) is 10.5 Å². The van der Waals surface area contributed by atoms with E-state index in [1.165, 1.54) is 6.08 Å². The normalized spacial score (nSPS) is 17.1. The Morgan fingerprint density at radius 1 is 1.07 bits per heavy atom. The first-order chi connectivity index (χ1) is 13.5. The molecular weight excluding hydrogens is 362 g/mol. The van der Waals surface area contributed by atoms with Crippen molar-refractivity contribution in [3.8, 4) is 0 Å². The van der Waals surface area contributed by atoms with Crippen molar-refractivity contribution in [1.29, 1.82) is 0 Å². The number of oxime groups is 1. The molecule has 8 heteroatoms. The maximum atomic E-state index is 12.4. The number of benzene rings is 2. The van der Waals surface area contributed by atoms with E-state index in [0.717, 1.165) is 4.90 Å². The average molecular weight is 379 g/mol. The average Bonchev–Trinajstić information content (AvgIpc) is 2.71. The Balaban J connectivity index is 1.70. The highest BCUT2D eigenvalue weighted by Gasteiger charge is 2.42. The van der Waals surface area contributed by atoms with Gasteiger partial charge in [-0.25, -0.2) is 4.79 Å². The van der Waals surface area contributed by atoms with Crippen molar-refractivity contribution in [1.82, 2.24) is 10.2 Å². The van der Waals surface area contributed by atoms with Crippen LogP contribution >= 0.6 is 0 Å². The van der Waals surface area contributed by atoms with Crippen LogP contribution in [-0.2, 0) is 14.4 Å². The van der Waals surface area contributed by atoms with E-state index in [0.29, 0.717) is 11.1 Å². The molecule has 2 amide bonds. The summed E-state index contributed by atoms with van der Waals surface area (Å²) in [5.41, 5.74) is 0.617. The maximum absolute atomic E-state index is 12.4. The van der Waals surface area contributed by atoms with Gasteiger partial charge >= 0.3 is 5.97 Å². The van der Waals surface area contributed by atoms with Crippen LogP contribution in [0, 0.1) is 0 Å². The Morgan fingerprint density at radius 2 is 1.68 bits per heavy atom. The van der Waals surface area contributed by atoms with E-state index in [4.69, 9.17) is 5.21 Å². The highest BCUT2D eigenvalue weighted by atomic mass is 16.4. The summed E-state index contributed by atoms with van der Waals surface area (Å²) in [6.45, 7) is 0.00301. The molecule has 28 heavy (non-hydrogen) atoms. The van der Waals surface area contributed by atoms with Gasteiger partial charge < -0.3 is 20.5 Å². The van der Waals surface area contributed by atoms with Crippen molar-refractivity contribution in [3.63, 3.8) is 0 Å². The van der Waals surface area contributed by atoms with Gasteiger partial charge in [0, 0.05) is 5.56 Å². The predicted molar refractivity (Wildman–Crippen MR) is 100 cm³/mol. The van der Waals surface area contributed by atoms with E-state index < -0.39 is 23.8 Å². The molecule has 3 N–H and O–H groups in total. The summed E-state index contributed by atoms with van der Waals surface area (Å²) in [7, 11) is 0. The second-order valence-corrected chi connectivity index (χ2v) is 6.03. The van der Waals surface area contributed by atoms with Crippen molar-refractivity contribution in [2.75, 3.05) is 6.54 Å². The van der Waals surface area contributed by atoms with Crippen LogP contribution in [0.25, 0.3) is 6.08 Å². The Morgan fingerprint density at radius 3 is 2.21 bits per heavy atom. The van der Waals surface area contributed by atoms with Crippen LogP contribution in [0.4, 0.5) is 0 Å². The molecule has 1 fully saturated rings. The summed E-state index contributed by atoms with van der Waals surface area (Å²) >= 11 is 0. The molecule has 0 spiro atoms. The van der Waals surface area contributed by atoms with E-state index in [-0.39, 0.29) is 18.0 Å². The topological polar surface area (TPSA) is 119 Å². The number of aliphatic carboxylic acids is 1. The lowest BCUT2D eigenvalue weighted by atomic mass is 10.0. The lowest BCUT2D eigenvalue weighted by molar-refractivity contribution is -0.148. The molecule has 1 unspecified atom stereocenters. The minimum absolute atomic E-state index is 0.00301. The highest BCUT2D eigenvalue weighted by molar-refractivity contribution is 6.45. The molecule has 0 aliphatic carbocycles. The van der Waals surface area contributed by atoms with E-state index >= 15 is 0 Å². The zero-order valence-corrected chi connectivity index (χ0v) is 14.6. The Bertz CT molecular complexity index is 954. The Labute approximate surface area is 160 Å². The molecule has 2 aromatic rings. The van der Waals surface area contributed by atoms with Gasteiger partial charge in [-0.1, -0.05) is 65.8 Å². The number of β-lactam (4-membered cyclic amide) rings is 1. The number of likely N-dealkylation sites (tertiary alicyclic amines) is 1. The van der Waals surface area contributed by atoms with Crippen molar-refractivity contribution in [3.05, 3.63) is 77.5 Å². The van der Waals surface area contributed by atoms with Crippen LogP contribution in [0.1, 0.15) is 11.1 Å². The summed E-state index contributed by atoms with van der Waals surface area (Å²) in [5.74, 6) is -2.53. The molecule has 1 heterocycles. The SMILES string of the molecule is O=C(O)/C(=C\c1ccccc1)N1CC(NC(=O)/C(=N/O)c2ccccc2)C1=O. The number of carboxylic acids is 1. The van der Waals surface area contributed by atoms with Gasteiger partial charge in [-0.2, -0.15) is 0 Å². The number of nitrogens with one attached hydrogen (secondary N) is 1. The Hall–Kier alpha value is -3.94. The zero-order chi connectivity index (χ0) is 20.1. The smallest absolute Gasteiger partial charge is 0.352 e. The summed E-state index contributed by atoms with van der Waals surface area (Å²) in [6, 6.07) is 16.1. The van der Waals surface area contributed by atoms with Gasteiger partial charge in [0.05, 0.1) is 6.54 Å². The number of amides is 2. The first-order valence-electron chi connectivity index (χ1n) is 8.41. The highest BCUT2D eigenvalue weighted by Crippen LogP contribution is 2.20. The molecule has 3 rings (SSSR count).